The maximum atomic E-state index is 12.2. The molecule has 0 aromatic heterocycles. The van der Waals surface area contributed by atoms with Crippen molar-refractivity contribution in [1.82, 2.24) is 0 Å². The Morgan fingerprint density at radius 3 is 2.32 bits per heavy atom. The van der Waals surface area contributed by atoms with Crippen LogP contribution < -0.4 is 4.74 Å². The van der Waals surface area contributed by atoms with Crippen molar-refractivity contribution in [3.63, 3.8) is 0 Å². The molecule has 1 atom stereocenters. The Hall–Kier alpha value is -2.09. The van der Waals surface area contributed by atoms with Crippen LogP contribution in [0, 0.1) is 13.8 Å². The Morgan fingerprint density at radius 1 is 1.00 bits per heavy atom. The molecule has 0 heterocycles. The van der Waals surface area contributed by atoms with E-state index in [0.29, 0.717) is 5.56 Å². The van der Waals surface area contributed by atoms with Gasteiger partial charge in [-0.15, -0.1) is 0 Å². The standard InChI is InChI=1S/C17H18O2/c1-12-7-9-15(10-8-12)17(18)14(3)19-16-6-4-5-13(2)11-16/h4-11,14H,1-3H3. The summed E-state index contributed by atoms with van der Waals surface area (Å²) in [5.74, 6) is 0.731. The zero-order chi connectivity index (χ0) is 13.8. The fraction of sp³-hybridized carbons (Fsp3) is 0.235. The third kappa shape index (κ3) is 3.44. The van der Waals surface area contributed by atoms with E-state index in [1.165, 1.54) is 0 Å². The summed E-state index contributed by atoms with van der Waals surface area (Å²) in [6, 6.07) is 15.3. The van der Waals surface area contributed by atoms with Crippen LogP contribution >= 0.6 is 0 Å². The number of benzene rings is 2. The van der Waals surface area contributed by atoms with Crippen LogP contribution in [0.5, 0.6) is 5.75 Å². The summed E-state index contributed by atoms with van der Waals surface area (Å²) in [5, 5.41) is 0. The van der Waals surface area contributed by atoms with Crippen LogP contribution in [0.2, 0.25) is 0 Å². The second-order valence-corrected chi connectivity index (χ2v) is 4.81. The van der Waals surface area contributed by atoms with Crippen LogP contribution in [0.4, 0.5) is 0 Å². The van der Waals surface area contributed by atoms with Gasteiger partial charge in [-0.1, -0.05) is 42.0 Å². The highest BCUT2D eigenvalue weighted by atomic mass is 16.5. The first-order valence-electron chi connectivity index (χ1n) is 6.40. The number of ether oxygens (including phenoxy) is 1. The number of hydrogen-bond donors (Lipinski definition) is 0. The number of ketones is 1. The van der Waals surface area contributed by atoms with Crippen LogP contribution in [-0.2, 0) is 0 Å². The summed E-state index contributed by atoms with van der Waals surface area (Å²) in [5.41, 5.74) is 2.95. The maximum absolute atomic E-state index is 12.2. The topological polar surface area (TPSA) is 26.3 Å². The molecule has 2 nitrogen and oxygen atoms in total. The van der Waals surface area contributed by atoms with Crippen molar-refractivity contribution in [2.45, 2.75) is 26.9 Å². The molecular weight excluding hydrogens is 236 g/mol. The van der Waals surface area contributed by atoms with Gasteiger partial charge in [-0.05, 0) is 38.5 Å². The van der Waals surface area contributed by atoms with Crippen LogP contribution in [0.25, 0.3) is 0 Å². The molecule has 0 aliphatic heterocycles. The van der Waals surface area contributed by atoms with Crippen LogP contribution in [0.15, 0.2) is 48.5 Å². The lowest BCUT2D eigenvalue weighted by molar-refractivity contribution is 0.0818. The van der Waals surface area contributed by atoms with E-state index in [1.54, 1.807) is 6.92 Å². The first-order valence-corrected chi connectivity index (χ1v) is 6.40. The van der Waals surface area contributed by atoms with Gasteiger partial charge in [0.15, 0.2) is 6.10 Å². The highest BCUT2D eigenvalue weighted by Crippen LogP contribution is 2.16. The molecule has 0 saturated carbocycles. The molecule has 98 valence electrons. The van der Waals surface area contributed by atoms with Crippen LogP contribution in [0.1, 0.15) is 28.4 Å². The van der Waals surface area contributed by atoms with Gasteiger partial charge >= 0.3 is 0 Å². The van der Waals surface area contributed by atoms with E-state index in [1.807, 2.05) is 62.4 Å². The summed E-state index contributed by atoms with van der Waals surface area (Å²) in [6.07, 6.45) is -0.482. The molecule has 0 N–H and O–H groups in total. The molecule has 0 saturated heterocycles. The molecule has 0 bridgehead atoms. The third-order valence-corrected chi connectivity index (χ3v) is 3.01. The monoisotopic (exact) mass is 254 g/mol. The second-order valence-electron chi connectivity index (χ2n) is 4.81. The first kappa shape index (κ1) is 13.3. The summed E-state index contributed by atoms with van der Waals surface area (Å²) in [7, 11) is 0. The van der Waals surface area contributed by atoms with Crippen molar-refractivity contribution in [2.75, 3.05) is 0 Å². The molecular formula is C17H18O2. The zero-order valence-electron chi connectivity index (χ0n) is 11.5. The van der Waals surface area contributed by atoms with Gasteiger partial charge in [-0.3, -0.25) is 4.79 Å². The molecule has 2 rings (SSSR count). The second kappa shape index (κ2) is 5.70. The van der Waals surface area contributed by atoms with Gasteiger partial charge in [0.25, 0.3) is 0 Å². The summed E-state index contributed by atoms with van der Waals surface area (Å²) in [6.45, 7) is 5.78. The average molecular weight is 254 g/mol. The van der Waals surface area contributed by atoms with Crippen molar-refractivity contribution in [3.05, 3.63) is 65.2 Å². The normalized spacial score (nSPS) is 11.9. The van der Waals surface area contributed by atoms with E-state index >= 15 is 0 Å². The molecule has 2 aromatic carbocycles. The van der Waals surface area contributed by atoms with Gasteiger partial charge in [-0.25, -0.2) is 0 Å². The van der Waals surface area contributed by atoms with Crippen molar-refractivity contribution < 1.29 is 9.53 Å². The predicted octanol–water partition coefficient (Wildman–Crippen LogP) is 3.95. The third-order valence-electron chi connectivity index (χ3n) is 3.01. The number of aryl methyl sites for hydroxylation is 2. The molecule has 0 amide bonds. The smallest absolute Gasteiger partial charge is 0.202 e. The van der Waals surface area contributed by atoms with Crippen molar-refractivity contribution in [2.24, 2.45) is 0 Å². The molecule has 0 aliphatic carbocycles. The number of Topliss-reactive ketones (excluding diaryl/α,β-unsaturated/α-hetero) is 1. The first-order chi connectivity index (χ1) is 9.06. The van der Waals surface area contributed by atoms with Crippen LogP contribution in [0.3, 0.4) is 0 Å². The summed E-state index contributed by atoms with van der Waals surface area (Å²) in [4.78, 5) is 12.2. The molecule has 0 radical (unpaired) electrons. The number of hydrogen-bond acceptors (Lipinski definition) is 2. The quantitative estimate of drug-likeness (QED) is 0.772. The largest absolute Gasteiger partial charge is 0.483 e. The van der Waals surface area contributed by atoms with E-state index in [4.69, 9.17) is 4.74 Å². The van der Waals surface area contributed by atoms with Gasteiger partial charge < -0.3 is 4.74 Å². The van der Waals surface area contributed by atoms with Gasteiger partial charge in [-0.2, -0.15) is 0 Å². The fourth-order valence-corrected chi connectivity index (χ4v) is 1.90. The zero-order valence-corrected chi connectivity index (χ0v) is 11.5. The van der Waals surface area contributed by atoms with Gasteiger partial charge in [0.05, 0.1) is 0 Å². The lowest BCUT2D eigenvalue weighted by Crippen LogP contribution is -2.23. The van der Waals surface area contributed by atoms with Crippen molar-refractivity contribution in [1.29, 1.82) is 0 Å². The molecule has 19 heavy (non-hydrogen) atoms. The Labute approximate surface area is 114 Å². The SMILES string of the molecule is Cc1ccc(C(=O)C(C)Oc2cccc(C)c2)cc1. The Morgan fingerprint density at radius 2 is 1.68 bits per heavy atom. The number of rotatable bonds is 4. The van der Waals surface area contributed by atoms with Gasteiger partial charge in [0.1, 0.15) is 5.75 Å². The molecule has 2 heteroatoms. The molecule has 0 aliphatic rings. The number of carbonyl (C=O) groups is 1. The Balaban J connectivity index is 2.09. The summed E-state index contributed by atoms with van der Waals surface area (Å²) < 4.78 is 5.69. The average Bonchev–Trinajstić information content (AvgIpc) is 2.39. The van der Waals surface area contributed by atoms with Crippen molar-refractivity contribution in [3.8, 4) is 5.75 Å². The highest BCUT2D eigenvalue weighted by Gasteiger charge is 2.16. The highest BCUT2D eigenvalue weighted by molar-refractivity contribution is 5.99. The van der Waals surface area contributed by atoms with Gasteiger partial charge in [0, 0.05) is 5.56 Å². The molecule has 2 aromatic rings. The number of carbonyl (C=O) groups excluding carboxylic acids is 1. The molecule has 0 spiro atoms. The predicted molar refractivity (Wildman–Crippen MR) is 76.8 cm³/mol. The van der Waals surface area contributed by atoms with Crippen molar-refractivity contribution >= 4 is 5.78 Å². The Kier molecular flexibility index (Phi) is 4.00. The molecule has 1 unspecified atom stereocenters. The lowest BCUT2D eigenvalue weighted by Gasteiger charge is -2.14. The maximum Gasteiger partial charge on any atom is 0.202 e. The Bertz CT molecular complexity index is 570. The minimum atomic E-state index is -0.482. The minimum absolute atomic E-state index is 0.00139. The fourth-order valence-electron chi connectivity index (χ4n) is 1.90. The molecule has 0 fully saturated rings. The summed E-state index contributed by atoms with van der Waals surface area (Å²) >= 11 is 0. The minimum Gasteiger partial charge on any atom is -0.483 e. The lowest BCUT2D eigenvalue weighted by atomic mass is 10.1. The van der Waals surface area contributed by atoms with E-state index < -0.39 is 6.10 Å². The van der Waals surface area contributed by atoms with E-state index in [9.17, 15) is 4.79 Å². The van der Waals surface area contributed by atoms with E-state index in [-0.39, 0.29) is 5.78 Å². The van der Waals surface area contributed by atoms with Gasteiger partial charge in [0.2, 0.25) is 5.78 Å². The van der Waals surface area contributed by atoms with E-state index in [0.717, 1.165) is 16.9 Å². The van der Waals surface area contributed by atoms with Crippen LogP contribution in [-0.4, -0.2) is 11.9 Å². The van der Waals surface area contributed by atoms with E-state index in [2.05, 4.69) is 0 Å².